The van der Waals surface area contributed by atoms with Crippen LogP contribution in [0.2, 0.25) is 0 Å². The Balaban J connectivity index is 1.97. The molecule has 0 spiro atoms. The number of carbonyl (C=O) groups is 2. The molecule has 0 radical (unpaired) electrons. The lowest BCUT2D eigenvalue weighted by atomic mass is 10.1. The van der Waals surface area contributed by atoms with Crippen molar-refractivity contribution in [2.45, 2.75) is 39.7 Å². The first kappa shape index (κ1) is 19.7. The summed E-state index contributed by atoms with van der Waals surface area (Å²) >= 11 is 0. The minimum atomic E-state index is -0.0864. The van der Waals surface area contributed by atoms with Gasteiger partial charge in [0, 0.05) is 30.8 Å². The van der Waals surface area contributed by atoms with Gasteiger partial charge < -0.3 is 10.2 Å². The summed E-state index contributed by atoms with van der Waals surface area (Å²) in [6, 6.07) is 16.9. The molecule has 0 aromatic heterocycles. The standard InChI is InChI=1S/C22H28N2O2/c1-3-5-9-16-23-21(25)19-12-14-20(15-13-19)22(26)24(4-2)17-18-10-7-6-8-11-18/h6-8,10-15H,3-5,9,16-17H2,1-2H3,(H,23,25). The van der Waals surface area contributed by atoms with Crippen molar-refractivity contribution in [1.82, 2.24) is 10.2 Å². The summed E-state index contributed by atoms with van der Waals surface area (Å²) in [5.74, 6) is -0.108. The van der Waals surface area contributed by atoms with Crippen LogP contribution in [-0.4, -0.2) is 29.8 Å². The summed E-state index contributed by atoms with van der Waals surface area (Å²) < 4.78 is 0. The molecule has 0 saturated heterocycles. The van der Waals surface area contributed by atoms with E-state index in [0.29, 0.717) is 30.8 Å². The molecule has 2 amide bonds. The summed E-state index contributed by atoms with van der Waals surface area (Å²) in [6.45, 7) is 6.01. The Kier molecular flexibility index (Phi) is 7.87. The van der Waals surface area contributed by atoms with Crippen LogP contribution in [0.1, 0.15) is 59.4 Å². The Labute approximate surface area is 156 Å². The first-order chi connectivity index (χ1) is 12.7. The zero-order valence-electron chi connectivity index (χ0n) is 15.7. The lowest BCUT2D eigenvalue weighted by Gasteiger charge is -2.21. The zero-order valence-corrected chi connectivity index (χ0v) is 15.7. The van der Waals surface area contributed by atoms with Crippen LogP contribution >= 0.6 is 0 Å². The molecule has 0 aliphatic heterocycles. The maximum absolute atomic E-state index is 12.7. The first-order valence-corrected chi connectivity index (χ1v) is 9.37. The Hall–Kier alpha value is -2.62. The van der Waals surface area contributed by atoms with Gasteiger partial charge >= 0.3 is 0 Å². The van der Waals surface area contributed by atoms with Crippen LogP contribution in [0, 0.1) is 0 Å². The van der Waals surface area contributed by atoms with Crippen molar-refractivity contribution in [3.8, 4) is 0 Å². The van der Waals surface area contributed by atoms with Gasteiger partial charge in [-0.15, -0.1) is 0 Å². The number of carbonyl (C=O) groups excluding carboxylic acids is 2. The molecule has 2 rings (SSSR count). The summed E-state index contributed by atoms with van der Waals surface area (Å²) in [7, 11) is 0. The van der Waals surface area contributed by atoms with E-state index in [1.54, 1.807) is 29.2 Å². The molecule has 0 unspecified atom stereocenters. The van der Waals surface area contributed by atoms with Gasteiger partial charge in [0.2, 0.25) is 0 Å². The molecule has 0 aliphatic rings. The van der Waals surface area contributed by atoms with Crippen LogP contribution in [0.25, 0.3) is 0 Å². The smallest absolute Gasteiger partial charge is 0.254 e. The van der Waals surface area contributed by atoms with Crippen molar-refractivity contribution in [2.24, 2.45) is 0 Å². The van der Waals surface area contributed by atoms with Crippen molar-refractivity contribution in [1.29, 1.82) is 0 Å². The number of unbranched alkanes of at least 4 members (excludes halogenated alkanes) is 2. The maximum Gasteiger partial charge on any atom is 0.254 e. The second-order valence-corrected chi connectivity index (χ2v) is 6.35. The molecule has 0 atom stereocenters. The molecular weight excluding hydrogens is 324 g/mol. The highest BCUT2D eigenvalue weighted by atomic mass is 16.2. The third-order valence-electron chi connectivity index (χ3n) is 4.35. The minimum Gasteiger partial charge on any atom is -0.352 e. The van der Waals surface area contributed by atoms with Crippen LogP contribution in [0.5, 0.6) is 0 Å². The molecule has 1 N–H and O–H groups in total. The predicted molar refractivity (Wildman–Crippen MR) is 105 cm³/mol. The van der Waals surface area contributed by atoms with E-state index in [1.165, 1.54) is 0 Å². The third kappa shape index (κ3) is 5.73. The molecule has 4 nitrogen and oxygen atoms in total. The van der Waals surface area contributed by atoms with E-state index in [2.05, 4.69) is 12.2 Å². The lowest BCUT2D eigenvalue weighted by Crippen LogP contribution is -2.30. The summed E-state index contributed by atoms with van der Waals surface area (Å²) in [6.07, 6.45) is 3.23. The lowest BCUT2D eigenvalue weighted by molar-refractivity contribution is 0.0752. The van der Waals surface area contributed by atoms with Gasteiger partial charge in [-0.3, -0.25) is 9.59 Å². The van der Waals surface area contributed by atoms with Gasteiger partial charge in [-0.25, -0.2) is 0 Å². The van der Waals surface area contributed by atoms with E-state index in [4.69, 9.17) is 0 Å². The minimum absolute atomic E-state index is 0.0220. The van der Waals surface area contributed by atoms with Gasteiger partial charge in [0.25, 0.3) is 11.8 Å². The fourth-order valence-electron chi connectivity index (χ4n) is 2.76. The Bertz CT molecular complexity index is 696. The number of hydrogen-bond acceptors (Lipinski definition) is 2. The largest absolute Gasteiger partial charge is 0.352 e. The number of hydrogen-bond donors (Lipinski definition) is 1. The van der Waals surface area contributed by atoms with Gasteiger partial charge in [-0.1, -0.05) is 50.1 Å². The number of nitrogens with zero attached hydrogens (tertiary/aromatic N) is 1. The highest BCUT2D eigenvalue weighted by Gasteiger charge is 2.15. The van der Waals surface area contributed by atoms with E-state index in [-0.39, 0.29) is 11.8 Å². The van der Waals surface area contributed by atoms with Crippen molar-refractivity contribution in [3.05, 3.63) is 71.3 Å². The molecule has 2 aromatic carbocycles. The van der Waals surface area contributed by atoms with Gasteiger partial charge in [0.1, 0.15) is 0 Å². The molecule has 0 bridgehead atoms. The number of benzene rings is 2. The Morgan fingerprint density at radius 2 is 1.54 bits per heavy atom. The van der Waals surface area contributed by atoms with Crippen molar-refractivity contribution < 1.29 is 9.59 Å². The summed E-state index contributed by atoms with van der Waals surface area (Å²) in [4.78, 5) is 26.6. The average Bonchev–Trinajstić information content (AvgIpc) is 2.69. The molecule has 0 fully saturated rings. The molecular formula is C22H28N2O2. The monoisotopic (exact) mass is 352 g/mol. The molecule has 0 aliphatic carbocycles. The first-order valence-electron chi connectivity index (χ1n) is 9.37. The van der Waals surface area contributed by atoms with Crippen LogP contribution < -0.4 is 5.32 Å². The van der Waals surface area contributed by atoms with Gasteiger partial charge in [-0.05, 0) is 43.2 Å². The van der Waals surface area contributed by atoms with Crippen LogP contribution in [0.4, 0.5) is 0 Å². The van der Waals surface area contributed by atoms with Crippen molar-refractivity contribution in [3.63, 3.8) is 0 Å². The predicted octanol–water partition coefficient (Wildman–Crippen LogP) is 4.27. The molecule has 26 heavy (non-hydrogen) atoms. The van der Waals surface area contributed by atoms with Gasteiger partial charge in [0.15, 0.2) is 0 Å². The van der Waals surface area contributed by atoms with Gasteiger partial charge in [0.05, 0.1) is 0 Å². The third-order valence-corrected chi connectivity index (χ3v) is 4.35. The summed E-state index contributed by atoms with van der Waals surface area (Å²) in [5.41, 5.74) is 2.29. The van der Waals surface area contributed by atoms with Crippen LogP contribution in [0.3, 0.4) is 0 Å². The summed E-state index contributed by atoms with van der Waals surface area (Å²) in [5, 5.41) is 2.91. The topological polar surface area (TPSA) is 49.4 Å². The maximum atomic E-state index is 12.7. The van der Waals surface area contributed by atoms with E-state index in [0.717, 1.165) is 24.8 Å². The van der Waals surface area contributed by atoms with Crippen LogP contribution in [-0.2, 0) is 6.54 Å². The Morgan fingerprint density at radius 1 is 0.885 bits per heavy atom. The van der Waals surface area contributed by atoms with E-state index >= 15 is 0 Å². The normalized spacial score (nSPS) is 10.4. The molecule has 4 heteroatoms. The molecule has 0 saturated carbocycles. The SMILES string of the molecule is CCCCCNC(=O)c1ccc(C(=O)N(CC)Cc2ccccc2)cc1. The number of nitrogens with one attached hydrogen (secondary N) is 1. The molecule has 0 heterocycles. The second-order valence-electron chi connectivity index (χ2n) is 6.35. The van der Waals surface area contributed by atoms with E-state index in [9.17, 15) is 9.59 Å². The number of rotatable bonds is 9. The molecule has 2 aromatic rings. The van der Waals surface area contributed by atoms with Crippen molar-refractivity contribution >= 4 is 11.8 Å². The molecule has 138 valence electrons. The fourth-order valence-corrected chi connectivity index (χ4v) is 2.76. The van der Waals surface area contributed by atoms with E-state index in [1.807, 2.05) is 37.3 Å². The van der Waals surface area contributed by atoms with Crippen molar-refractivity contribution in [2.75, 3.05) is 13.1 Å². The van der Waals surface area contributed by atoms with Gasteiger partial charge in [-0.2, -0.15) is 0 Å². The second kappa shape index (κ2) is 10.4. The quantitative estimate of drug-likeness (QED) is 0.685. The average molecular weight is 352 g/mol. The zero-order chi connectivity index (χ0) is 18.8. The highest BCUT2D eigenvalue weighted by molar-refractivity contribution is 5.97. The Morgan fingerprint density at radius 3 is 2.15 bits per heavy atom. The van der Waals surface area contributed by atoms with Crippen LogP contribution in [0.15, 0.2) is 54.6 Å². The number of amides is 2. The fraction of sp³-hybridized carbons (Fsp3) is 0.364. The highest BCUT2D eigenvalue weighted by Crippen LogP contribution is 2.11. The van der Waals surface area contributed by atoms with E-state index < -0.39 is 0 Å².